The van der Waals surface area contributed by atoms with E-state index < -0.39 is 17.6 Å². The Hall–Kier alpha value is -2.34. The highest BCUT2D eigenvalue weighted by Gasteiger charge is 2.33. The number of aryl methyl sites for hydroxylation is 1. The first-order chi connectivity index (χ1) is 11.3. The smallest absolute Gasteiger partial charge is 0.326 e. The standard InChI is InChI=1S/C18H19F3N2O/c1-13-7-3-4-8-14(13)11-23(2)12-17(24)22-16-10-6-5-9-15(16)18(19,20)21/h3-10H,11-12H2,1-2H3,(H,22,24)/p+1. The molecule has 24 heavy (non-hydrogen) atoms. The van der Waals surface area contributed by atoms with Gasteiger partial charge in [0.1, 0.15) is 6.54 Å². The van der Waals surface area contributed by atoms with Crippen molar-refractivity contribution in [3.8, 4) is 0 Å². The van der Waals surface area contributed by atoms with E-state index in [0.29, 0.717) is 6.54 Å². The van der Waals surface area contributed by atoms with Crippen LogP contribution < -0.4 is 10.2 Å². The fourth-order valence-electron chi connectivity index (χ4n) is 2.50. The number of amides is 1. The number of nitrogens with one attached hydrogen (secondary N) is 2. The SMILES string of the molecule is Cc1ccccc1C[NH+](C)CC(=O)Nc1ccccc1C(F)(F)F. The number of alkyl halides is 3. The van der Waals surface area contributed by atoms with Gasteiger partial charge in [-0.25, -0.2) is 0 Å². The molecule has 2 aromatic rings. The van der Waals surface area contributed by atoms with Gasteiger partial charge in [0.25, 0.3) is 5.91 Å². The lowest BCUT2D eigenvalue weighted by Gasteiger charge is -2.17. The molecule has 0 heterocycles. The van der Waals surface area contributed by atoms with Crippen molar-refractivity contribution in [1.29, 1.82) is 0 Å². The van der Waals surface area contributed by atoms with E-state index in [1.54, 1.807) is 0 Å². The number of anilines is 1. The van der Waals surface area contributed by atoms with E-state index in [0.717, 1.165) is 22.1 Å². The van der Waals surface area contributed by atoms with Crippen LogP contribution in [0, 0.1) is 6.92 Å². The molecule has 0 bridgehead atoms. The largest absolute Gasteiger partial charge is 0.418 e. The van der Waals surface area contributed by atoms with Gasteiger partial charge < -0.3 is 10.2 Å². The van der Waals surface area contributed by atoms with Crippen molar-refractivity contribution in [2.24, 2.45) is 0 Å². The molecule has 2 aromatic carbocycles. The molecule has 0 saturated heterocycles. The second kappa shape index (κ2) is 7.49. The van der Waals surface area contributed by atoms with Gasteiger partial charge in [0, 0.05) is 5.56 Å². The van der Waals surface area contributed by atoms with Gasteiger partial charge in [-0.1, -0.05) is 36.4 Å². The molecule has 128 valence electrons. The Morgan fingerprint density at radius 2 is 1.71 bits per heavy atom. The summed E-state index contributed by atoms with van der Waals surface area (Å²) in [4.78, 5) is 13.0. The molecule has 0 saturated carbocycles. The second-order valence-electron chi connectivity index (χ2n) is 5.83. The summed E-state index contributed by atoms with van der Waals surface area (Å²) in [6, 6.07) is 12.8. The number of para-hydroxylation sites is 1. The number of quaternary nitrogens is 1. The molecule has 1 unspecified atom stereocenters. The minimum Gasteiger partial charge on any atom is -0.326 e. The lowest BCUT2D eigenvalue weighted by molar-refractivity contribution is -0.885. The normalized spacial score (nSPS) is 12.7. The Kier molecular flexibility index (Phi) is 5.62. The number of halogens is 3. The van der Waals surface area contributed by atoms with Crippen LogP contribution in [-0.2, 0) is 17.5 Å². The Labute approximate surface area is 139 Å². The van der Waals surface area contributed by atoms with Crippen LogP contribution in [0.25, 0.3) is 0 Å². The zero-order valence-electron chi connectivity index (χ0n) is 13.6. The maximum Gasteiger partial charge on any atom is 0.418 e. The molecule has 2 N–H and O–H groups in total. The van der Waals surface area contributed by atoms with Crippen molar-refractivity contribution in [1.82, 2.24) is 0 Å². The van der Waals surface area contributed by atoms with Gasteiger partial charge in [-0.05, 0) is 24.6 Å². The molecule has 0 aliphatic heterocycles. The average Bonchev–Trinajstić information content (AvgIpc) is 2.49. The summed E-state index contributed by atoms with van der Waals surface area (Å²) in [6.45, 7) is 2.70. The summed E-state index contributed by atoms with van der Waals surface area (Å²) in [5.41, 5.74) is 1.19. The van der Waals surface area contributed by atoms with Crippen LogP contribution >= 0.6 is 0 Å². The first-order valence-corrected chi connectivity index (χ1v) is 7.59. The van der Waals surface area contributed by atoms with Crippen LogP contribution in [0.3, 0.4) is 0 Å². The zero-order chi connectivity index (χ0) is 17.7. The number of likely N-dealkylation sites (N-methyl/N-ethyl adjacent to an activating group) is 1. The Morgan fingerprint density at radius 3 is 2.38 bits per heavy atom. The molecule has 0 fully saturated rings. The third-order valence-corrected chi connectivity index (χ3v) is 3.72. The number of rotatable bonds is 5. The van der Waals surface area contributed by atoms with Crippen LogP contribution in [-0.4, -0.2) is 19.5 Å². The van der Waals surface area contributed by atoms with E-state index in [2.05, 4.69) is 5.32 Å². The Balaban J connectivity index is 2.00. The van der Waals surface area contributed by atoms with Gasteiger partial charge in [0.15, 0.2) is 6.54 Å². The predicted octanol–water partition coefficient (Wildman–Crippen LogP) is 2.67. The lowest BCUT2D eigenvalue weighted by atomic mass is 10.1. The van der Waals surface area contributed by atoms with Crippen molar-refractivity contribution >= 4 is 11.6 Å². The number of benzene rings is 2. The highest BCUT2D eigenvalue weighted by molar-refractivity contribution is 5.92. The molecule has 0 spiro atoms. The van der Waals surface area contributed by atoms with Crippen molar-refractivity contribution in [2.75, 3.05) is 18.9 Å². The first-order valence-electron chi connectivity index (χ1n) is 7.59. The van der Waals surface area contributed by atoms with Gasteiger partial charge in [-0.3, -0.25) is 4.79 Å². The number of hydrogen-bond donors (Lipinski definition) is 2. The molecule has 3 nitrogen and oxygen atoms in total. The summed E-state index contributed by atoms with van der Waals surface area (Å²) < 4.78 is 38.8. The van der Waals surface area contributed by atoms with Crippen molar-refractivity contribution in [3.05, 3.63) is 65.2 Å². The molecular formula is C18H20F3N2O+. The maximum atomic E-state index is 12.9. The number of carbonyl (C=O) groups is 1. The topological polar surface area (TPSA) is 33.5 Å². The number of hydrogen-bond acceptors (Lipinski definition) is 1. The van der Waals surface area contributed by atoms with E-state index in [-0.39, 0.29) is 12.2 Å². The lowest BCUT2D eigenvalue weighted by Crippen LogP contribution is -3.08. The third kappa shape index (κ3) is 4.83. The fraction of sp³-hybridized carbons (Fsp3) is 0.278. The Morgan fingerprint density at radius 1 is 1.08 bits per heavy atom. The highest BCUT2D eigenvalue weighted by Crippen LogP contribution is 2.34. The van der Waals surface area contributed by atoms with E-state index in [1.165, 1.54) is 18.2 Å². The third-order valence-electron chi connectivity index (χ3n) is 3.72. The second-order valence-corrected chi connectivity index (χ2v) is 5.83. The quantitative estimate of drug-likeness (QED) is 0.864. The minimum absolute atomic E-state index is 0.0839. The van der Waals surface area contributed by atoms with E-state index in [9.17, 15) is 18.0 Å². The van der Waals surface area contributed by atoms with Crippen LogP contribution in [0.5, 0.6) is 0 Å². The van der Waals surface area contributed by atoms with Gasteiger partial charge in [-0.15, -0.1) is 0 Å². The summed E-state index contributed by atoms with van der Waals surface area (Å²) in [5.74, 6) is -0.446. The summed E-state index contributed by atoms with van der Waals surface area (Å²) >= 11 is 0. The molecular weight excluding hydrogens is 317 g/mol. The van der Waals surface area contributed by atoms with Gasteiger partial charge in [-0.2, -0.15) is 13.2 Å². The van der Waals surface area contributed by atoms with Crippen LogP contribution in [0.4, 0.5) is 18.9 Å². The van der Waals surface area contributed by atoms with Crippen LogP contribution in [0.1, 0.15) is 16.7 Å². The Bertz CT molecular complexity index is 713. The maximum absolute atomic E-state index is 12.9. The van der Waals surface area contributed by atoms with Crippen molar-refractivity contribution < 1.29 is 22.9 Å². The first kappa shape index (κ1) is 18.0. The van der Waals surface area contributed by atoms with E-state index in [4.69, 9.17) is 0 Å². The van der Waals surface area contributed by atoms with Crippen LogP contribution in [0.2, 0.25) is 0 Å². The van der Waals surface area contributed by atoms with Crippen molar-refractivity contribution in [2.45, 2.75) is 19.6 Å². The van der Waals surface area contributed by atoms with E-state index in [1.807, 2.05) is 38.2 Å². The van der Waals surface area contributed by atoms with Gasteiger partial charge in [0.05, 0.1) is 18.3 Å². The molecule has 6 heteroatoms. The molecule has 1 amide bonds. The molecule has 0 aromatic heterocycles. The van der Waals surface area contributed by atoms with Crippen molar-refractivity contribution in [3.63, 3.8) is 0 Å². The summed E-state index contributed by atoms with van der Waals surface area (Å²) in [5, 5.41) is 2.37. The molecule has 0 aliphatic carbocycles. The fourth-order valence-corrected chi connectivity index (χ4v) is 2.50. The molecule has 0 aliphatic rings. The minimum atomic E-state index is -4.50. The number of carbonyl (C=O) groups excluding carboxylic acids is 1. The molecule has 1 atom stereocenters. The average molecular weight is 337 g/mol. The molecule has 0 radical (unpaired) electrons. The summed E-state index contributed by atoms with van der Waals surface area (Å²) in [6.07, 6.45) is -4.50. The zero-order valence-corrected chi connectivity index (χ0v) is 13.6. The molecule has 2 rings (SSSR count). The van der Waals surface area contributed by atoms with E-state index >= 15 is 0 Å². The summed E-state index contributed by atoms with van der Waals surface area (Å²) in [7, 11) is 1.84. The van der Waals surface area contributed by atoms with Gasteiger partial charge >= 0.3 is 6.18 Å². The highest BCUT2D eigenvalue weighted by atomic mass is 19.4. The van der Waals surface area contributed by atoms with Crippen LogP contribution in [0.15, 0.2) is 48.5 Å². The predicted molar refractivity (Wildman–Crippen MR) is 86.7 cm³/mol. The monoisotopic (exact) mass is 337 g/mol. The van der Waals surface area contributed by atoms with Gasteiger partial charge in [0.2, 0.25) is 0 Å².